The Morgan fingerprint density at radius 3 is 1.35 bits per heavy atom. The maximum Gasteiger partial charge on any atom is 0.357 e. The van der Waals surface area contributed by atoms with E-state index in [1.54, 1.807) is 95.5 Å². The van der Waals surface area contributed by atoms with Crippen LogP contribution in [0.25, 0.3) is 19.8 Å². The Hall–Kier alpha value is -5.53. The summed E-state index contributed by atoms with van der Waals surface area (Å²) < 4.78 is 90.4. The van der Waals surface area contributed by atoms with Crippen LogP contribution in [0.1, 0.15) is 45.7 Å². The molecule has 4 heterocycles. The van der Waals surface area contributed by atoms with E-state index in [9.17, 15) is 35.4 Å². The highest BCUT2D eigenvalue weighted by molar-refractivity contribution is 7.89. The van der Waals surface area contributed by atoms with Crippen LogP contribution in [-0.2, 0) is 54.7 Å². The first-order valence-electron chi connectivity index (χ1n) is 19.7. The first kappa shape index (κ1) is 48.4. The minimum atomic E-state index is -4.38. The molecule has 15 nitrogen and oxygen atoms in total. The molecule has 0 aliphatic carbocycles. The molecule has 8 aromatic rings. The highest BCUT2D eigenvalue weighted by Gasteiger charge is 2.25. The summed E-state index contributed by atoms with van der Waals surface area (Å²) in [6.45, 7) is 0. The van der Waals surface area contributed by atoms with Crippen molar-refractivity contribution in [2.75, 3.05) is 4.72 Å². The highest BCUT2D eigenvalue weighted by atomic mass is 32.2. The summed E-state index contributed by atoms with van der Waals surface area (Å²) in [5, 5.41) is 20.2. The van der Waals surface area contributed by atoms with Crippen molar-refractivity contribution < 1.29 is 34.7 Å². The maximum atomic E-state index is 13.0. The predicted molar refractivity (Wildman–Crippen MR) is 263 cm³/mol. The zero-order chi connectivity index (χ0) is 46.7. The molecular formula is C44H40N6O9S7. The molecule has 2 atom stereocenters. The van der Waals surface area contributed by atoms with Gasteiger partial charge in [-0.1, -0.05) is 97.1 Å². The number of hydrogen-bond donors (Lipinski definition) is 4. The molecule has 4 N–H and O–H groups in total. The smallest absolute Gasteiger partial charge is 0.269 e. The van der Waals surface area contributed by atoms with Gasteiger partial charge in [0.2, 0.25) is 20.0 Å². The number of nitro groups is 1. The Balaban J connectivity index is 0.000000197. The van der Waals surface area contributed by atoms with Gasteiger partial charge in [0.1, 0.15) is 10.0 Å². The number of benzene rings is 4. The number of rotatable bonds is 19. The molecule has 0 radical (unpaired) electrons. The zero-order valence-corrected chi connectivity index (χ0v) is 40.1. The van der Waals surface area contributed by atoms with Gasteiger partial charge in [0.15, 0.2) is 0 Å². The van der Waals surface area contributed by atoms with Crippen molar-refractivity contribution in [3.8, 4) is 19.8 Å². The van der Waals surface area contributed by atoms with Crippen molar-refractivity contribution in [2.24, 2.45) is 0 Å². The molecular weight excluding hydrogens is 981 g/mol. The Labute approximate surface area is 398 Å². The number of anilines is 1. The lowest BCUT2D eigenvalue weighted by Crippen LogP contribution is -2.31. The van der Waals surface area contributed by atoms with E-state index < -0.39 is 47.4 Å². The quantitative estimate of drug-likeness (QED) is 0.0339. The van der Waals surface area contributed by atoms with Crippen LogP contribution in [0, 0.1) is 10.1 Å². The van der Waals surface area contributed by atoms with Crippen LogP contribution in [0.15, 0.2) is 155 Å². The van der Waals surface area contributed by atoms with E-state index in [0.717, 1.165) is 30.9 Å². The van der Waals surface area contributed by atoms with E-state index in [0.29, 0.717) is 35.4 Å². The second-order valence-corrected chi connectivity index (χ2v) is 22.8. The van der Waals surface area contributed by atoms with Crippen LogP contribution in [0.5, 0.6) is 0 Å². The summed E-state index contributed by atoms with van der Waals surface area (Å²) in [6.07, 6.45) is 0.618. The van der Waals surface area contributed by atoms with Crippen LogP contribution in [0.4, 0.5) is 11.4 Å². The molecule has 0 bridgehead atoms. The lowest BCUT2D eigenvalue weighted by molar-refractivity contribution is -0.384. The van der Waals surface area contributed by atoms with E-state index >= 15 is 0 Å². The molecule has 66 heavy (non-hydrogen) atoms. The second-order valence-electron chi connectivity index (χ2n) is 14.5. The zero-order valence-electron chi connectivity index (χ0n) is 34.4. The van der Waals surface area contributed by atoms with Crippen molar-refractivity contribution in [2.45, 2.75) is 36.4 Å². The first-order valence-corrected chi connectivity index (χ1v) is 28.0. The van der Waals surface area contributed by atoms with Crippen molar-refractivity contribution in [3.63, 3.8) is 0 Å². The molecule has 0 aliphatic heterocycles. The molecule has 0 aliphatic rings. The van der Waals surface area contributed by atoms with Gasteiger partial charge in [0.25, 0.3) is 5.69 Å². The standard InChI is InChI=1S/C22H21N3O5S4.C22H19N3O4S3/c26-33(27,15-17-5-2-1-3-6-17)25-19(20-14-32-22(23-20)21-7-4-12-31-21)13-16-8-10-18(11-9-16)24-34(28,29)30;26-25(27)18-10-8-16(9-11-18)13-19(20-14-31-22(23-20)21-7-4-12-30-21)24-32(28,29)15-17-5-2-1-3-6-17/h1-12,14,19,24-25H,13,15H2,(H,28,29,30);1-12,14,19,24H,13,15H2/t2*19-/m00/s1. The van der Waals surface area contributed by atoms with Gasteiger partial charge in [-0.15, -0.1) is 45.3 Å². The molecule has 4 aromatic carbocycles. The van der Waals surface area contributed by atoms with E-state index in [1.165, 1.54) is 46.9 Å². The van der Waals surface area contributed by atoms with Gasteiger partial charge in [0, 0.05) is 22.9 Å². The van der Waals surface area contributed by atoms with Crippen molar-refractivity contribution in [1.29, 1.82) is 0 Å². The lowest BCUT2D eigenvalue weighted by Gasteiger charge is -2.18. The molecule has 0 spiro atoms. The fourth-order valence-electron chi connectivity index (χ4n) is 6.52. The average Bonchev–Trinajstić information content (AvgIpc) is 4.13. The molecule has 0 saturated carbocycles. The van der Waals surface area contributed by atoms with Crippen LogP contribution < -0.4 is 14.2 Å². The van der Waals surface area contributed by atoms with E-state index in [2.05, 4.69) is 19.4 Å². The van der Waals surface area contributed by atoms with E-state index in [4.69, 9.17) is 4.55 Å². The Morgan fingerprint density at radius 1 is 0.545 bits per heavy atom. The number of thiazole rings is 2. The molecule has 4 aromatic heterocycles. The topological polar surface area (TPSA) is 228 Å². The van der Waals surface area contributed by atoms with Gasteiger partial charge in [-0.25, -0.2) is 36.2 Å². The third-order valence-electron chi connectivity index (χ3n) is 9.49. The average molecular weight is 1020 g/mol. The molecule has 0 saturated heterocycles. The maximum absolute atomic E-state index is 13.0. The number of hydrogen-bond acceptors (Lipinski definition) is 14. The first-order chi connectivity index (χ1) is 31.6. The van der Waals surface area contributed by atoms with E-state index in [-0.39, 0.29) is 22.9 Å². The van der Waals surface area contributed by atoms with Gasteiger partial charge in [-0.2, -0.15) is 8.42 Å². The minimum Gasteiger partial charge on any atom is -0.269 e. The Kier molecular flexibility index (Phi) is 16.0. The summed E-state index contributed by atoms with van der Waals surface area (Å²) >= 11 is 6.03. The number of nitrogens with zero attached hydrogens (tertiary/aromatic N) is 3. The number of thiophene rings is 2. The van der Waals surface area contributed by atoms with Crippen LogP contribution in [-0.4, -0.2) is 44.7 Å². The Morgan fingerprint density at radius 2 is 0.970 bits per heavy atom. The highest BCUT2D eigenvalue weighted by Crippen LogP contribution is 2.33. The number of non-ortho nitro benzene ring substituents is 1. The summed E-state index contributed by atoms with van der Waals surface area (Å²) in [6, 6.07) is 36.9. The van der Waals surface area contributed by atoms with Gasteiger partial charge < -0.3 is 0 Å². The van der Waals surface area contributed by atoms with Crippen LogP contribution in [0.2, 0.25) is 0 Å². The Bertz CT molecular complexity index is 3150. The predicted octanol–water partition coefficient (Wildman–Crippen LogP) is 9.67. The van der Waals surface area contributed by atoms with Crippen molar-refractivity contribution in [1.82, 2.24) is 19.4 Å². The summed E-state index contributed by atoms with van der Waals surface area (Å²) in [5.41, 5.74) is 4.30. The molecule has 8 rings (SSSR count). The van der Waals surface area contributed by atoms with E-state index in [1.807, 2.05) is 62.6 Å². The molecule has 0 unspecified atom stereocenters. The third kappa shape index (κ3) is 14.5. The van der Waals surface area contributed by atoms with Gasteiger partial charge in [-0.3, -0.25) is 19.4 Å². The van der Waals surface area contributed by atoms with Crippen LogP contribution >= 0.6 is 45.3 Å². The van der Waals surface area contributed by atoms with Crippen molar-refractivity contribution in [3.05, 3.63) is 199 Å². The monoisotopic (exact) mass is 1020 g/mol. The molecule has 342 valence electrons. The largest absolute Gasteiger partial charge is 0.357 e. The van der Waals surface area contributed by atoms with Gasteiger partial charge in [0.05, 0.1) is 55.3 Å². The normalized spacial score (nSPS) is 12.7. The second kappa shape index (κ2) is 21.8. The summed E-state index contributed by atoms with van der Waals surface area (Å²) in [4.78, 5) is 21.9. The number of nitro benzene ring substituents is 1. The fourth-order valence-corrected chi connectivity index (χ4v) is 13.0. The fraction of sp³-hybridized carbons (Fsp3) is 0.136. The third-order valence-corrected chi connectivity index (χ3v) is 16.5. The SMILES string of the molecule is O=S(=O)(O)Nc1ccc(C[C@H](NS(=O)(=O)Cc2ccccc2)c2csc(-c3cccs3)n2)cc1.O=[N+]([O-])c1ccc(C[C@H](NS(=O)(=O)Cc2ccccc2)c2csc(-c3cccs3)n2)cc1. The molecule has 22 heteroatoms. The number of aromatic nitrogens is 2. The lowest BCUT2D eigenvalue weighted by atomic mass is 10.0. The van der Waals surface area contributed by atoms with Gasteiger partial charge in [-0.05, 0) is 70.1 Å². The molecule has 0 fully saturated rings. The van der Waals surface area contributed by atoms with Crippen LogP contribution in [0.3, 0.4) is 0 Å². The van der Waals surface area contributed by atoms with Gasteiger partial charge >= 0.3 is 10.3 Å². The van der Waals surface area contributed by atoms with Crippen molar-refractivity contribution >= 4 is 87.1 Å². The molecule has 0 amide bonds. The number of sulfonamides is 2. The number of nitrogens with one attached hydrogen (secondary N) is 3. The summed E-state index contributed by atoms with van der Waals surface area (Å²) in [5.74, 6) is -0.310. The summed E-state index contributed by atoms with van der Waals surface area (Å²) in [7, 11) is -11.7. The minimum absolute atomic E-state index is 0.0106.